The molecule has 5 rings (SSSR count). The number of aromatic nitrogens is 3. The van der Waals surface area contributed by atoms with Gasteiger partial charge in [0.1, 0.15) is 0 Å². The van der Waals surface area contributed by atoms with E-state index < -0.39 is 10.7 Å². The second-order valence-corrected chi connectivity index (χ2v) is 9.16. The van der Waals surface area contributed by atoms with Crippen molar-refractivity contribution >= 4 is 35.4 Å². The number of rotatable bonds is 9. The molecular weight excluding hydrogens is 496 g/mol. The van der Waals surface area contributed by atoms with Gasteiger partial charge in [-0.15, -0.1) is 0 Å². The number of nitro benzene ring substituents is 1. The van der Waals surface area contributed by atoms with Gasteiger partial charge in [0, 0.05) is 30.4 Å². The molecule has 198 valence electrons. The summed E-state index contributed by atoms with van der Waals surface area (Å²) < 4.78 is 0. The fourth-order valence-corrected chi connectivity index (χ4v) is 4.39. The lowest BCUT2D eigenvalue weighted by atomic mass is 10.0. The quantitative estimate of drug-likeness (QED) is 0.152. The van der Waals surface area contributed by atoms with Crippen molar-refractivity contribution in [1.82, 2.24) is 15.0 Å². The van der Waals surface area contributed by atoms with E-state index in [4.69, 9.17) is 0 Å². The van der Waals surface area contributed by atoms with E-state index in [0.29, 0.717) is 23.9 Å². The summed E-state index contributed by atoms with van der Waals surface area (Å²) in [5.41, 5.74) is 5.12. The molecule has 0 radical (unpaired) electrons. The average molecular weight is 525 g/mol. The molecule has 2 heterocycles. The Labute approximate surface area is 225 Å². The first kappa shape index (κ1) is 25.6. The highest BCUT2D eigenvalue weighted by Gasteiger charge is 2.19. The first-order valence-corrected chi connectivity index (χ1v) is 12.7. The van der Waals surface area contributed by atoms with Crippen LogP contribution in [0.4, 0.5) is 29.2 Å². The van der Waals surface area contributed by atoms with E-state index in [0.717, 1.165) is 37.2 Å². The van der Waals surface area contributed by atoms with Crippen molar-refractivity contribution < 1.29 is 10.0 Å². The summed E-state index contributed by atoms with van der Waals surface area (Å²) in [5, 5.41) is 29.5. The van der Waals surface area contributed by atoms with Crippen LogP contribution in [0.1, 0.15) is 36.0 Å². The third-order valence-electron chi connectivity index (χ3n) is 6.29. The molecule has 3 N–H and O–H groups in total. The van der Waals surface area contributed by atoms with Crippen LogP contribution in [-0.2, 0) is 6.42 Å². The number of phenols is 1. The van der Waals surface area contributed by atoms with Crippen LogP contribution in [0.2, 0.25) is 0 Å². The first-order valence-electron chi connectivity index (χ1n) is 12.7. The van der Waals surface area contributed by atoms with Gasteiger partial charge in [0.2, 0.25) is 23.6 Å². The fraction of sp³-hybridized carbons (Fsp3) is 0.214. The Morgan fingerprint density at radius 1 is 0.923 bits per heavy atom. The molecule has 1 fully saturated rings. The predicted octanol–water partition coefficient (Wildman–Crippen LogP) is 5.26. The van der Waals surface area contributed by atoms with E-state index in [1.165, 1.54) is 18.7 Å². The SMILES string of the molecule is O=[N+]([O-])c1cc(Cc2ccccc2)cc(/C=N\Nc2nc(Nc3ccccc3)nc(N3CCCCC3)n2)c1O. The Morgan fingerprint density at radius 2 is 1.62 bits per heavy atom. The van der Waals surface area contributed by atoms with Crippen LogP contribution in [0, 0.1) is 10.1 Å². The van der Waals surface area contributed by atoms with Crippen molar-refractivity contribution in [3.05, 3.63) is 99.6 Å². The number of aromatic hydroxyl groups is 1. The average Bonchev–Trinajstić information content (AvgIpc) is 2.96. The van der Waals surface area contributed by atoms with Gasteiger partial charge in [-0.2, -0.15) is 20.1 Å². The highest BCUT2D eigenvalue weighted by molar-refractivity contribution is 5.86. The molecule has 0 unspecified atom stereocenters. The summed E-state index contributed by atoms with van der Waals surface area (Å²) in [7, 11) is 0. The first-order chi connectivity index (χ1) is 19.0. The second-order valence-electron chi connectivity index (χ2n) is 9.16. The van der Waals surface area contributed by atoms with E-state index >= 15 is 0 Å². The molecule has 0 atom stereocenters. The Kier molecular flexibility index (Phi) is 7.87. The molecule has 0 aliphatic carbocycles. The smallest absolute Gasteiger partial charge is 0.311 e. The van der Waals surface area contributed by atoms with Crippen LogP contribution in [-0.4, -0.2) is 44.3 Å². The van der Waals surface area contributed by atoms with Gasteiger partial charge >= 0.3 is 5.69 Å². The molecule has 11 heteroatoms. The minimum atomic E-state index is -0.604. The van der Waals surface area contributed by atoms with Crippen molar-refractivity contribution in [2.45, 2.75) is 25.7 Å². The maximum Gasteiger partial charge on any atom is 0.311 e. The number of nitrogens with one attached hydrogen (secondary N) is 2. The predicted molar refractivity (Wildman–Crippen MR) is 151 cm³/mol. The standard InChI is InChI=1S/C28H28N8O3/c37-25-22(17-21(18-24(25)36(38)39)16-20-10-4-1-5-11-20)19-29-34-27-31-26(30-23-12-6-2-7-13-23)32-28(33-27)35-14-8-3-9-15-35/h1-2,4-7,10-13,17-19,37H,3,8-9,14-16H2,(H2,30,31,32,33,34)/b29-19-. The van der Waals surface area contributed by atoms with Crippen molar-refractivity contribution in [2.24, 2.45) is 5.10 Å². The fourth-order valence-electron chi connectivity index (χ4n) is 4.39. The van der Waals surface area contributed by atoms with E-state index in [1.54, 1.807) is 6.07 Å². The van der Waals surface area contributed by atoms with E-state index in [1.807, 2.05) is 60.7 Å². The van der Waals surface area contributed by atoms with E-state index in [-0.39, 0.29) is 17.2 Å². The summed E-state index contributed by atoms with van der Waals surface area (Å²) in [6.45, 7) is 1.70. The number of hydrazone groups is 1. The molecule has 0 bridgehead atoms. The van der Waals surface area contributed by atoms with Crippen LogP contribution in [0.3, 0.4) is 0 Å². The molecule has 3 aromatic carbocycles. The summed E-state index contributed by atoms with van der Waals surface area (Å²) in [6.07, 6.45) is 5.09. The summed E-state index contributed by atoms with van der Waals surface area (Å²) in [6, 6.07) is 22.2. The molecule has 0 amide bonds. The molecular formula is C28H28N8O3. The minimum absolute atomic E-state index is 0.203. The monoisotopic (exact) mass is 524 g/mol. The molecule has 1 aromatic heterocycles. The highest BCUT2D eigenvalue weighted by atomic mass is 16.6. The zero-order valence-corrected chi connectivity index (χ0v) is 21.2. The summed E-state index contributed by atoms with van der Waals surface area (Å²) in [4.78, 5) is 26.7. The maximum atomic E-state index is 11.6. The van der Waals surface area contributed by atoms with Gasteiger partial charge in [0.15, 0.2) is 0 Å². The molecule has 1 saturated heterocycles. The minimum Gasteiger partial charge on any atom is -0.502 e. The van der Waals surface area contributed by atoms with Crippen LogP contribution in [0.25, 0.3) is 0 Å². The third-order valence-corrected chi connectivity index (χ3v) is 6.29. The second kappa shape index (κ2) is 12.0. The number of phenolic OH excluding ortho intramolecular Hbond substituents is 1. The summed E-state index contributed by atoms with van der Waals surface area (Å²) >= 11 is 0. The molecule has 4 aromatic rings. The topological polar surface area (TPSA) is 142 Å². The lowest BCUT2D eigenvalue weighted by molar-refractivity contribution is -0.385. The van der Waals surface area contributed by atoms with Crippen LogP contribution in [0.15, 0.2) is 77.9 Å². The van der Waals surface area contributed by atoms with Crippen molar-refractivity contribution in [1.29, 1.82) is 0 Å². The number of piperidine rings is 1. The molecule has 0 saturated carbocycles. The van der Waals surface area contributed by atoms with Crippen LogP contribution < -0.4 is 15.6 Å². The van der Waals surface area contributed by atoms with Gasteiger partial charge in [-0.1, -0.05) is 48.5 Å². The van der Waals surface area contributed by atoms with Gasteiger partial charge in [0.05, 0.1) is 11.1 Å². The lowest BCUT2D eigenvalue weighted by Gasteiger charge is -2.26. The zero-order valence-electron chi connectivity index (χ0n) is 21.2. The number of hydrogen-bond acceptors (Lipinski definition) is 10. The zero-order chi connectivity index (χ0) is 27.0. The van der Waals surface area contributed by atoms with Gasteiger partial charge in [-0.05, 0) is 55.0 Å². The largest absolute Gasteiger partial charge is 0.502 e. The Hall–Kier alpha value is -5.06. The van der Waals surface area contributed by atoms with Crippen molar-refractivity contribution in [3.63, 3.8) is 0 Å². The number of para-hydroxylation sites is 1. The lowest BCUT2D eigenvalue weighted by Crippen LogP contribution is -2.31. The Balaban J connectivity index is 1.41. The molecule has 1 aliphatic rings. The Bertz CT molecular complexity index is 1460. The van der Waals surface area contributed by atoms with Gasteiger partial charge in [-0.3, -0.25) is 10.1 Å². The number of benzene rings is 3. The number of nitro groups is 1. The molecule has 1 aliphatic heterocycles. The van der Waals surface area contributed by atoms with Crippen molar-refractivity contribution in [2.75, 3.05) is 28.7 Å². The normalized spacial score (nSPS) is 13.4. The van der Waals surface area contributed by atoms with Gasteiger partial charge in [0.25, 0.3) is 0 Å². The molecule has 39 heavy (non-hydrogen) atoms. The Morgan fingerprint density at radius 3 is 2.33 bits per heavy atom. The van der Waals surface area contributed by atoms with E-state index in [2.05, 4.69) is 35.7 Å². The van der Waals surface area contributed by atoms with Crippen LogP contribution >= 0.6 is 0 Å². The molecule has 11 nitrogen and oxygen atoms in total. The maximum absolute atomic E-state index is 11.6. The molecule has 0 spiro atoms. The highest BCUT2D eigenvalue weighted by Crippen LogP contribution is 2.31. The van der Waals surface area contributed by atoms with Crippen molar-refractivity contribution in [3.8, 4) is 5.75 Å². The third kappa shape index (κ3) is 6.63. The van der Waals surface area contributed by atoms with Gasteiger partial charge < -0.3 is 15.3 Å². The number of hydrogen-bond donors (Lipinski definition) is 3. The number of anilines is 4. The van der Waals surface area contributed by atoms with E-state index in [9.17, 15) is 15.2 Å². The summed E-state index contributed by atoms with van der Waals surface area (Å²) in [5.74, 6) is 0.634. The van der Waals surface area contributed by atoms with Crippen LogP contribution in [0.5, 0.6) is 5.75 Å². The number of nitrogens with zero attached hydrogens (tertiary/aromatic N) is 6. The van der Waals surface area contributed by atoms with Gasteiger partial charge in [-0.25, -0.2) is 5.43 Å².